The van der Waals surface area contributed by atoms with Crippen molar-refractivity contribution >= 4 is 21.6 Å². The van der Waals surface area contributed by atoms with Gasteiger partial charge in [-0.05, 0) is 67.5 Å². The van der Waals surface area contributed by atoms with Crippen LogP contribution >= 0.6 is 0 Å². The summed E-state index contributed by atoms with van der Waals surface area (Å²) in [5.74, 6) is -1.17. The number of anilines is 1. The van der Waals surface area contributed by atoms with Crippen molar-refractivity contribution in [3.63, 3.8) is 0 Å². The topological polar surface area (TPSA) is 66.5 Å². The van der Waals surface area contributed by atoms with Gasteiger partial charge in [-0.25, -0.2) is 12.8 Å². The highest BCUT2D eigenvalue weighted by molar-refractivity contribution is 7.89. The molecule has 1 N–H and O–H groups in total. The van der Waals surface area contributed by atoms with E-state index in [4.69, 9.17) is 0 Å². The number of sulfonamides is 1. The van der Waals surface area contributed by atoms with Gasteiger partial charge in [0.05, 0.1) is 0 Å². The predicted molar refractivity (Wildman–Crippen MR) is 100 cm³/mol. The van der Waals surface area contributed by atoms with Crippen LogP contribution in [0.2, 0.25) is 0 Å². The summed E-state index contributed by atoms with van der Waals surface area (Å²) in [4.78, 5) is 12.4. The van der Waals surface area contributed by atoms with E-state index in [9.17, 15) is 17.6 Å². The Morgan fingerprint density at radius 2 is 1.85 bits per heavy atom. The lowest BCUT2D eigenvalue weighted by molar-refractivity contribution is -0.119. The lowest BCUT2D eigenvalue weighted by atomic mass is 10.1. The number of fused-ring (bicyclic) bond motifs is 1. The molecule has 0 spiro atoms. The zero-order chi connectivity index (χ0) is 19.0. The number of aryl methyl sites for hydroxylation is 2. The maximum Gasteiger partial charge on any atom is 0.246 e. The van der Waals surface area contributed by atoms with Gasteiger partial charge in [-0.3, -0.25) is 4.79 Å². The molecular weight excluding hydrogens is 367 g/mol. The van der Waals surface area contributed by atoms with Crippen molar-refractivity contribution in [2.75, 3.05) is 11.9 Å². The normalized spacial score (nSPS) is 19.8. The number of benzene rings is 2. The fourth-order valence-electron chi connectivity index (χ4n) is 3.95. The second-order valence-corrected chi connectivity index (χ2v) is 8.89. The van der Waals surface area contributed by atoms with Crippen molar-refractivity contribution < 1.29 is 17.6 Å². The van der Waals surface area contributed by atoms with Gasteiger partial charge in [0, 0.05) is 12.2 Å². The van der Waals surface area contributed by atoms with Crippen LogP contribution < -0.4 is 5.32 Å². The second-order valence-electron chi connectivity index (χ2n) is 7.03. The first-order chi connectivity index (χ1) is 13.0. The number of hydrogen-bond acceptors (Lipinski definition) is 3. The molecule has 2 aromatic carbocycles. The third-order valence-corrected chi connectivity index (χ3v) is 7.24. The van der Waals surface area contributed by atoms with Gasteiger partial charge in [0.2, 0.25) is 15.9 Å². The summed E-state index contributed by atoms with van der Waals surface area (Å²) >= 11 is 0. The molecule has 142 valence electrons. The highest BCUT2D eigenvalue weighted by Gasteiger charge is 2.40. The monoisotopic (exact) mass is 388 g/mol. The predicted octanol–water partition coefficient (Wildman–Crippen LogP) is 3.11. The molecule has 0 aromatic heterocycles. The van der Waals surface area contributed by atoms with Crippen LogP contribution in [-0.2, 0) is 27.7 Å². The minimum Gasteiger partial charge on any atom is -0.325 e. The number of carbonyl (C=O) groups is 1. The summed E-state index contributed by atoms with van der Waals surface area (Å²) in [5.41, 5.74) is 3.21. The van der Waals surface area contributed by atoms with Crippen LogP contribution in [0, 0.1) is 5.82 Å². The van der Waals surface area contributed by atoms with E-state index < -0.39 is 21.9 Å². The number of nitrogens with one attached hydrogen (secondary N) is 1. The summed E-state index contributed by atoms with van der Waals surface area (Å²) in [7, 11) is -4.07. The SMILES string of the molecule is O=C(Nc1ccc2c(c1)CCC2)C1CCCN1S(=O)(=O)c1ccccc1F. The van der Waals surface area contributed by atoms with Crippen molar-refractivity contribution in [2.45, 2.75) is 43.0 Å². The smallest absolute Gasteiger partial charge is 0.246 e. The van der Waals surface area contributed by atoms with E-state index in [-0.39, 0.29) is 17.3 Å². The third kappa shape index (κ3) is 3.37. The molecule has 1 atom stereocenters. The minimum absolute atomic E-state index is 0.207. The van der Waals surface area contributed by atoms with Crippen molar-refractivity contribution in [2.24, 2.45) is 0 Å². The maximum atomic E-state index is 14.0. The zero-order valence-corrected chi connectivity index (χ0v) is 15.6. The Labute approximate surface area is 158 Å². The van der Waals surface area contributed by atoms with Gasteiger partial charge in [-0.15, -0.1) is 0 Å². The second kappa shape index (κ2) is 7.05. The lowest BCUT2D eigenvalue weighted by Gasteiger charge is -2.23. The average molecular weight is 388 g/mol. The molecule has 7 heteroatoms. The first kappa shape index (κ1) is 18.1. The summed E-state index contributed by atoms with van der Waals surface area (Å²) in [6, 6.07) is 10.3. The minimum atomic E-state index is -4.07. The summed E-state index contributed by atoms with van der Waals surface area (Å²) in [6.07, 6.45) is 4.15. The highest BCUT2D eigenvalue weighted by Crippen LogP contribution is 2.29. The van der Waals surface area contributed by atoms with Crippen molar-refractivity contribution in [1.29, 1.82) is 0 Å². The molecule has 0 bridgehead atoms. The van der Waals surface area contributed by atoms with Crippen LogP contribution in [0.15, 0.2) is 47.4 Å². The van der Waals surface area contributed by atoms with Crippen LogP contribution in [0.1, 0.15) is 30.4 Å². The molecule has 0 radical (unpaired) electrons. The van der Waals surface area contributed by atoms with E-state index in [1.807, 2.05) is 18.2 Å². The summed E-state index contributed by atoms with van der Waals surface area (Å²) in [6.45, 7) is 0.207. The molecule has 1 heterocycles. The highest BCUT2D eigenvalue weighted by atomic mass is 32.2. The van der Waals surface area contributed by atoms with Gasteiger partial charge < -0.3 is 5.32 Å². The molecule has 4 rings (SSSR count). The quantitative estimate of drug-likeness (QED) is 0.875. The Balaban J connectivity index is 1.56. The number of nitrogens with zero attached hydrogens (tertiary/aromatic N) is 1. The van der Waals surface area contributed by atoms with Crippen LogP contribution in [0.4, 0.5) is 10.1 Å². The number of amides is 1. The number of carbonyl (C=O) groups excluding carboxylic acids is 1. The Bertz CT molecular complexity index is 990. The van der Waals surface area contributed by atoms with E-state index in [2.05, 4.69) is 5.32 Å². The Hall–Kier alpha value is -2.25. The lowest BCUT2D eigenvalue weighted by Crippen LogP contribution is -2.43. The van der Waals surface area contributed by atoms with Crippen molar-refractivity contribution in [1.82, 2.24) is 4.31 Å². The molecule has 1 aliphatic carbocycles. The van der Waals surface area contributed by atoms with Gasteiger partial charge in [0.1, 0.15) is 16.8 Å². The molecule has 27 heavy (non-hydrogen) atoms. The molecule has 1 amide bonds. The van der Waals surface area contributed by atoms with E-state index in [0.29, 0.717) is 18.5 Å². The Kier molecular flexibility index (Phi) is 4.74. The fraction of sp³-hybridized carbons (Fsp3) is 0.350. The number of hydrogen-bond donors (Lipinski definition) is 1. The first-order valence-electron chi connectivity index (χ1n) is 9.16. The zero-order valence-electron chi connectivity index (χ0n) is 14.8. The van der Waals surface area contributed by atoms with Gasteiger partial charge in [0.25, 0.3) is 0 Å². The first-order valence-corrected chi connectivity index (χ1v) is 10.6. The van der Waals surface area contributed by atoms with Crippen molar-refractivity contribution in [3.8, 4) is 0 Å². The molecule has 2 aromatic rings. The largest absolute Gasteiger partial charge is 0.325 e. The van der Waals surface area contributed by atoms with Gasteiger partial charge >= 0.3 is 0 Å². The molecule has 1 fully saturated rings. The van der Waals surface area contributed by atoms with Crippen LogP contribution in [-0.4, -0.2) is 31.2 Å². The molecule has 1 saturated heterocycles. The van der Waals surface area contributed by atoms with Crippen molar-refractivity contribution in [3.05, 3.63) is 59.4 Å². The number of halogens is 1. The molecule has 1 aliphatic heterocycles. The van der Waals surface area contributed by atoms with Gasteiger partial charge in [-0.2, -0.15) is 4.31 Å². The Morgan fingerprint density at radius 3 is 2.67 bits per heavy atom. The van der Waals surface area contributed by atoms with E-state index in [1.54, 1.807) is 0 Å². The molecule has 0 saturated carbocycles. The summed E-state index contributed by atoms with van der Waals surface area (Å²) in [5, 5.41) is 2.84. The van der Waals surface area contributed by atoms with E-state index >= 15 is 0 Å². The molecular formula is C20H21FN2O3S. The molecule has 2 aliphatic rings. The van der Waals surface area contributed by atoms with E-state index in [0.717, 1.165) is 29.6 Å². The number of rotatable bonds is 4. The summed E-state index contributed by atoms with van der Waals surface area (Å²) < 4.78 is 40.9. The average Bonchev–Trinajstić information content (AvgIpc) is 3.31. The van der Waals surface area contributed by atoms with Crippen LogP contribution in [0.3, 0.4) is 0 Å². The van der Waals surface area contributed by atoms with Crippen LogP contribution in [0.25, 0.3) is 0 Å². The Morgan fingerprint density at radius 1 is 1.07 bits per heavy atom. The third-order valence-electron chi connectivity index (χ3n) is 5.30. The standard InChI is InChI=1S/C20H21FN2O3S/c21-17-7-1-2-9-19(17)27(25,26)23-12-4-8-18(23)20(24)22-16-11-10-14-5-3-6-15(14)13-16/h1-2,7,9-11,13,18H,3-6,8,12H2,(H,22,24). The van der Waals surface area contributed by atoms with Crippen LogP contribution in [0.5, 0.6) is 0 Å². The van der Waals surface area contributed by atoms with Gasteiger partial charge in [0.15, 0.2) is 0 Å². The van der Waals surface area contributed by atoms with E-state index in [1.165, 1.54) is 29.3 Å². The maximum absolute atomic E-state index is 14.0. The van der Waals surface area contributed by atoms with Gasteiger partial charge in [-0.1, -0.05) is 18.2 Å². The molecule has 5 nitrogen and oxygen atoms in total. The molecule has 1 unspecified atom stereocenters. The fourth-order valence-corrected chi connectivity index (χ4v) is 5.67.